The Kier molecular flexibility index (Phi) is 8.31. The number of Topliss-reactive ketones (excluding diaryl/α,β-unsaturated/α-hetero) is 1. The van der Waals surface area contributed by atoms with Crippen LogP contribution in [0.25, 0.3) is 6.08 Å². The molecule has 2 amide bonds. The van der Waals surface area contributed by atoms with Crippen LogP contribution in [-0.2, 0) is 9.59 Å². The van der Waals surface area contributed by atoms with Crippen LogP contribution in [0.5, 0.6) is 0 Å². The zero-order chi connectivity index (χ0) is 17.1. The fourth-order valence-electron chi connectivity index (χ4n) is 1.90. The summed E-state index contributed by atoms with van der Waals surface area (Å²) in [6, 6.07) is 6.63. The third kappa shape index (κ3) is 7.92. The number of nitrogens with one attached hydrogen (secondary N) is 1. The van der Waals surface area contributed by atoms with Gasteiger partial charge in [0.1, 0.15) is 6.61 Å². The fourth-order valence-corrected chi connectivity index (χ4v) is 1.90. The van der Waals surface area contributed by atoms with Gasteiger partial charge >= 0.3 is 0 Å². The molecule has 0 aromatic heterocycles. The smallest absolute Gasteiger partial charge is 0.248 e. The van der Waals surface area contributed by atoms with E-state index in [-0.39, 0.29) is 11.7 Å². The fraction of sp³-hybridized carbons (Fsp3) is 0.353. The summed E-state index contributed by atoms with van der Waals surface area (Å²) >= 11 is 0. The highest BCUT2D eigenvalue weighted by Crippen LogP contribution is 2.05. The van der Waals surface area contributed by atoms with E-state index < -0.39 is 12.5 Å². The Balaban J connectivity index is 2.23. The number of aliphatic hydroxyl groups is 1. The van der Waals surface area contributed by atoms with E-state index >= 15 is 0 Å². The molecular formula is C17H22N2O4. The molecule has 1 aromatic rings. The highest BCUT2D eigenvalue weighted by molar-refractivity contribution is 5.94. The molecule has 0 spiro atoms. The standard InChI is InChI=1S/C17H22N2O4/c18-17(23)14-8-5-13(6-9-14)7-10-16(22)19-11-3-1-2-4-15(21)12-20/h5-10,20H,1-4,11-12H2,(H2,18,23)(H,19,22)/b10-7+. The molecule has 0 saturated carbocycles. The molecule has 4 N–H and O–H groups in total. The largest absolute Gasteiger partial charge is 0.389 e. The van der Waals surface area contributed by atoms with E-state index in [1.165, 1.54) is 6.08 Å². The molecule has 1 aromatic carbocycles. The average Bonchev–Trinajstić information content (AvgIpc) is 2.56. The lowest BCUT2D eigenvalue weighted by atomic mass is 10.1. The lowest BCUT2D eigenvalue weighted by Gasteiger charge is -2.02. The monoisotopic (exact) mass is 318 g/mol. The Hall–Kier alpha value is -2.47. The van der Waals surface area contributed by atoms with Gasteiger partial charge in [0.25, 0.3) is 0 Å². The number of rotatable bonds is 10. The van der Waals surface area contributed by atoms with Crippen LogP contribution in [0, 0.1) is 0 Å². The first kappa shape index (κ1) is 18.6. The SMILES string of the molecule is NC(=O)c1ccc(/C=C/C(=O)NCCCCCC(=O)CO)cc1. The summed E-state index contributed by atoms with van der Waals surface area (Å²) in [5.74, 6) is -0.839. The average molecular weight is 318 g/mol. The second kappa shape index (κ2) is 10.3. The molecular weight excluding hydrogens is 296 g/mol. The Bertz CT molecular complexity index is 564. The third-order valence-electron chi connectivity index (χ3n) is 3.23. The molecule has 0 saturated heterocycles. The van der Waals surface area contributed by atoms with E-state index in [0.717, 1.165) is 24.8 Å². The molecule has 0 radical (unpaired) electrons. The molecule has 0 aliphatic carbocycles. The molecule has 0 aliphatic rings. The molecule has 0 heterocycles. The number of benzene rings is 1. The molecule has 0 atom stereocenters. The van der Waals surface area contributed by atoms with Crippen molar-refractivity contribution in [2.24, 2.45) is 5.73 Å². The maximum atomic E-state index is 11.6. The van der Waals surface area contributed by atoms with E-state index in [0.29, 0.717) is 18.5 Å². The number of ketones is 1. The first-order valence-corrected chi connectivity index (χ1v) is 7.51. The Labute approximate surface area is 135 Å². The predicted molar refractivity (Wildman–Crippen MR) is 87.6 cm³/mol. The van der Waals surface area contributed by atoms with Gasteiger partial charge in [0, 0.05) is 24.6 Å². The molecule has 6 heteroatoms. The second-order valence-electron chi connectivity index (χ2n) is 5.12. The first-order chi connectivity index (χ1) is 11.0. The number of carbonyl (C=O) groups excluding carboxylic acids is 3. The summed E-state index contributed by atoms with van der Waals surface area (Å²) in [5, 5.41) is 11.3. The third-order valence-corrected chi connectivity index (χ3v) is 3.23. The van der Waals surface area contributed by atoms with Gasteiger partial charge in [-0.05, 0) is 36.6 Å². The molecule has 23 heavy (non-hydrogen) atoms. The van der Waals surface area contributed by atoms with Crippen molar-refractivity contribution in [2.75, 3.05) is 13.2 Å². The van der Waals surface area contributed by atoms with E-state index in [1.54, 1.807) is 30.3 Å². The van der Waals surface area contributed by atoms with Crippen LogP contribution in [0.15, 0.2) is 30.3 Å². The maximum absolute atomic E-state index is 11.6. The van der Waals surface area contributed by atoms with E-state index in [4.69, 9.17) is 10.8 Å². The van der Waals surface area contributed by atoms with Gasteiger partial charge in [-0.3, -0.25) is 14.4 Å². The van der Waals surface area contributed by atoms with Gasteiger partial charge < -0.3 is 16.2 Å². The van der Waals surface area contributed by atoms with Gasteiger partial charge in [-0.15, -0.1) is 0 Å². The van der Waals surface area contributed by atoms with Crippen molar-refractivity contribution < 1.29 is 19.5 Å². The highest BCUT2D eigenvalue weighted by Gasteiger charge is 2.00. The van der Waals surface area contributed by atoms with Crippen molar-refractivity contribution in [1.29, 1.82) is 0 Å². The van der Waals surface area contributed by atoms with Crippen LogP contribution in [-0.4, -0.2) is 35.9 Å². The van der Waals surface area contributed by atoms with Crippen molar-refractivity contribution in [3.05, 3.63) is 41.5 Å². The summed E-state index contributed by atoms with van der Waals surface area (Å²) in [4.78, 5) is 33.4. The molecule has 1 rings (SSSR count). The van der Waals surface area contributed by atoms with Crippen LogP contribution in [0.2, 0.25) is 0 Å². The zero-order valence-corrected chi connectivity index (χ0v) is 13.0. The van der Waals surface area contributed by atoms with Crippen LogP contribution >= 0.6 is 0 Å². The molecule has 0 unspecified atom stereocenters. The summed E-state index contributed by atoms with van der Waals surface area (Å²) < 4.78 is 0. The quantitative estimate of drug-likeness (QED) is 0.442. The minimum absolute atomic E-state index is 0.153. The van der Waals surface area contributed by atoms with Gasteiger partial charge in [0.15, 0.2) is 5.78 Å². The minimum Gasteiger partial charge on any atom is -0.389 e. The molecule has 0 bridgehead atoms. The lowest BCUT2D eigenvalue weighted by Crippen LogP contribution is -2.22. The van der Waals surface area contributed by atoms with Gasteiger partial charge in [-0.1, -0.05) is 18.6 Å². The number of hydrogen-bond acceptors (Lipinski definition) is 4. The molecule has 6 nitrogen and oxygen atoms in total. The highest BCUT2D eigenvalue weighted by atomic mass is 16.3. The number of amides is 2. The number of primary amides is 1. The number of hydrogen-bond donors (Lipinski definition) is 3. The summed E-state index contributed by atoms with van der Waals surface area (Å²) in [6.07, 6.45) is 5.79. The number of nitrogens with two attached hydrogens (primary N) is 1. The van der Waals surface area contributed by atoms with Crippen LogP contribution < -0.4 is 11.1 Å². The van der Waals surface area contributed by atoms with Gasteiger partial charge in [0.2, 0.25) is 11.8 Å². The predicted octanol–water partition coefficient (Wildman–Crippen LogP) is 1.04. The van der Waals surface area contributed by atoms with Crippen molar-refractivity contribution in [3.63, 3.8) is 0 Å². The zero-order valence-electron chi connectivity index (χ0n) is 13.0. The van der Waals surface area contributed by atoms with Gasteiger partial charge in [-0.2, -0.15) is 0 Å². The normalized spacial score (nSPS) is 10.7. The maximum Gasteiger partial charge on any atom is 0.248 e. The van der Waals surface area contributed by atoms with Crippen molar-refractivity contribution in [3.8, 4) is 0 Å². The van der Waals surface area contributed by atoms with E-state index in [9.17, 15) is 14.4 Å². The second-order valence-corrected chi connectivity index (χ2v) is 5.12. The van der Waals surface area contributed by atoms with E-state index in [1.807, 2.05) is 0 Å². The minimum atomic E-state index is -0.487. The molecule has 0 aliphatic heterocycles. The van der Waals surface area contributed by atoms with Crippen LogP contribution in [0.1, 0.15) is 41.6 Å². The van der Waals surface area contributed by atoms with E-state index in [2.05, 4.69) is 5.32 Å². The summed E-state index contributed by atoms with van der Waals surface area (Å²) in [6.45, 7) is 0.138. The Morgan fingerprint density at radius 2 is 1.78 bits per heavy atom. The van der Waals surface area contributed by atoms with Crippen LogP contribution in [0.3, 0.4) is 0 Å². The summed E-state index contributed by atoms with van der Waals surface area (Å²) in [5.41, 5.74) is 6.37. The lowest BCUT2D eigenvalue weighted by molar-refractivity contribution is -0.122. The Morgan fingerprint density at radius 1 is 1.09 bits per heavy atom. The van der Waals surface area contributed by atoms with Gasteiger partial charge in [-0.25, -0.2) is 0 Å². The van der Waals surface area contributed by atoms with Crippen molar-refractivity contribution >= 4 is 23.7 Å². The Morgan fingerprint density at radius 3 is 2.39 bits per heavy atom. The van der Waals surface area contributed by atoms with Gasteiger partial charge in [0.05, 0.1) is 0 Å². The van der Waals surface area contributed by atoms with Crippen molar-refractivity contribution in [2.45, 2.75) is 25.7 Å². The number of unbranched alkanes of at least 4 members (excludes halogenated alkanes) is 2. The molecule has 124 valence electrons. The van der Waals surface area contributed by atoms with Crippen LogP contribution in [0.4, 0.5) is 0 Å². The molecule has 0 fully saturated rings. The van der Waals surface area contributed by atoms with Crippen molar-refractivity contribution in [1.82, 2.24) is 5.32 Å². The first-order valence-electron chi connectivity index (χ1n) is 7.51. The summed E-state index contributed by atoms with van der Waals surface area (Å²) in [7, 11) is 0. The number of carbonyl (C=O) groups is 3. The topological polar surface area (TPSA) is 109 Å². The number of aliphatic hydroxyl groups excluding tert-OH is 1.